The van der Waals surface area contributed by atoms with Gasteiger partial charge < -0.3 is 10.2 Å². The Bertz CT molecular complexity index is 554. The molecule has 3 heterocycles. The quantitative estimate of drug-likeness (QED) is 0.906. The Kier molecular flexibility index (Phi) is 4.65. The van der Waals surface area contributed by atoms with Gasteiger partial charge in [0.1, 0.15) is 5.82 Å². The van der Waals surface area contributed by atoms with E-state index >= 15 is 0 Å². The predicted octanol–water partition coefficient (Wildman–Crippen LogP) is 1.44. The van der Waals surface area contributed by atoms with Crippen LogP contribution in [0.3, 0.4) is 0 Å². The molecule has 6 heteroatoms. The van der Waals surface area contributed by atoms with Crippen molar-refractivity contribution in [3.8, 4) is 0 Å². The van der Waals surface area contributed by atoms with Gasteiger partial charge in [-0.05, 0) is 45.1 Å². The summed E-state index contributed by atoms with van der Waals surface area (Å²) in [6.07, 6.45) is 12.2. The summed E-state index contributed by atoms with van der Waals surface area (Å²) in [5.74, 6) is 1.47. The molecule has 6 nitrogen and oxygen atoms in total. The van der Waals surface area contributed by atoms with Gasteiger partial charge in [0.2, 0.25) is 5.91 Å². The van der Waals surface area contributed by atoms with Crippen molar-refractivity contribution < 1.29 is 4.79 Å². The molecular formula is C18H27N5O. The number of likely N-dealkylation sites (tertiary alicyclic amines) is 1. The third-order valence-electron chi connectivity index (χ3n) is 5.60. The van der Waals surface area contributed by atoms with Crippen molar-refractivity contribution in [3.05, 3.63) is 18.6 Å². The molecule has 0 aromatic carbocycles. The van der Waals surface area contributed by atoms with E-state index < -0.39 is 0 Å². The van der Waals surface area contributed by atoms with Crippen LogP contribution in [0.4, 0.5) is 5.82 Å². The molecule has 130 valence electrons. The van der Waals surface area contributed by atoms with E-state index in [2.05, 4.69) is 25.1 Å². The number of anilines is 1. The monoisotopic (exact) mass is 329 g/mol. The highest BCUT2D eigenvalue weighted by Gasteiger charge is 2.33. The summed E-state index contributed by atoms with van der Waals surface area (Å²) in [5.41, 5.74) is 0. The van der Waals surface area contributed by atoms with Crippen LogP contribution < -0.4 is 10.2 Å². The number of nitrogens with one attached hydrogen (secondary N) is 1. The summed E-state index contributed by atoms with van der Waals surface area (Å²) < 4.78 is 0. The van der Waals surface area contributed by atoms with Gasteiger partial charge in [0.15, 0.2) is 0 Å². The first-order valence-electron chi connectivity index (χ1n) is 9.35. The normalized spacial score (nSPS) is 26.3. The van der Waals surface area contributed by atoms with Gasteiger partial charge in [-0.3, -0.25) is 14.7 Å². The first-order chi connectivity index (χ1) is 11.8. The molecule has 3 aliphatic rings. The lowest BCUT2D eigenvalue weighted by Crippen LogP contribution is -2.51. The zero-order chi connectivity index (χ0) is 16.4. The van der Waals surface area contributed by atoms with Crippen molar-refractivity contribution in [1.82, 2.24) is 20.2 Å². The third-order valence-corrected chi connectivity index (χ3v) is 5.60. The van der Waals surface area contributed by atoms with Gasteiger partial charge in [0.25, 0.3) is 0 Å². The van der Waals surface area contributed by atoms with Gasteiger partial charge >= 0.3 is 0 Å². The van der Waals surface area contributed by atoms with Crippen LogP contribution in [0.5, 0.6) is 0 Å². The Hall–Kier alpha value is -1.69. The maximum Gasteiger partial charge on any atom is 0.224 e. The molecule has 0 unspecified atom stereocenters. The smallest absolute Gasteiger partial charge is 0.224 e. The fourth-order valence-corrected chi connectivity index (χ4v) is 4.01. The Morgan fingerprint density at radius 2 is 1.92 bits per heavy atom. The highest BCUT2D eigenvalue weighted by Crippen LogP contribution is 2.26. The molecule has 0 radical (unpaired) electrons. The average molecular weight is 329 g/mol. The maximum absolute atomic E-state index is 12.4. The lowest BCUT2D eigenvalue weighted by molar-refractivity contribution is -0.127. The summed E-state index contributed by atoms with van der Waals surface area (Å²) in [5, 5.41) is 3.19. The first-order valence-corrected chi connectivity index (χ1v) is 9.35. The molecule has 0 bridgehead atoms. The van der Waals surface area contributed by atoms with Crippen LogP contribution in [0.2, 0.25) is 0 Å². The molecule has 1 amide bonds. The van der Waals surface area contributed by atoms with Gasteiger partial charge in [0, 0.05) is 44.1 Å². The molecule has 1 aromatic heterocycles. The van der Waals surface area contributed by atoms with Crippen LogP contribution in [-0.4, -0.2) is 59.0 Å². The molecule has 2 saturated heterocycles. The number of carbonyl (C=O) groups excluding carboxylic acids is 1. The zero-order valence-electron chi connectivity index (χ0n) is 14.2. The number of piperidine rings is 2. The molecule has 1 aliphatic carbocycles. The van der Waals surface area contributed by atoms with Crippen LogP contribution in [0.15, 0.2) is 18.6 Å². The van der Waals surface area contributed by atoms with Crippen LogP contribution in [0, 0.1) is 5.92 Å². The van der Waals surface area contributed by atoms with E-state index in [0.717, 1.165) is 57.7 Å². The molecule has 1 saturated carbocycles. The summed E-state index contributed by atoms with van der Waals surface area (Å²) in [7, 11) is 0. The van der Waals surface area contributed by atoms with Crippen LogP contribution in [0.1, 0.15) is 38.5 Å². The van der Waals surface area contributed by atoms with Crippen LogP contribution >= 0.6 is 0 Å². The number of carbonyl (C=O) groups is 1. The van der Waals surface area contributed by atoms with Gasteiger partial charge in [0.05, 0.1) is 12.1 Å². The molecule has 1 N–H and O–H groups in total. The molecule has 4 rings (SSSR count). The summed E-state index contributed by atoms with van der Waals surface area (Å²) in [6, 6.07) is 1.08. The minimum absolute atomic E-state index is 0.192. The summed E-state index contributed by atoms with van der Waals surface area (Å²) in [4.78, 5) is 25.8. The average Bonchev–Trinajstić information content (AvgIpc) is 3.47. The molecule has 0 spiro atoms. The number of amides is 1. The fourth-order valence-electron chi connectivity index (χ4n) is 4.01. The second-order valence-electron chi connectivity index (χ2n) is 7.40. The Morgan fingerprint density at radius 3 is 2.62 bits per heavy atom. The van der Waals surface area contributed by atoms with Crippen molar-refractivity contribution in [2.24, 2.45) is 5.92 Å². The predicted molar refractivity (Wildman–Crippen MR) is 92.7 cm³/mol. The standard InChI is InChI=1S/C18H27N5O/c24-18(21-15-3-4-15)14-2-1-9-23(13-14)16-5-10-22(11-6-16)17-12-19-7-8-20-17/h7-8,12,14-16H,1-6,9-11,13H2,(H,21,24)/t14-/m0/s1. The fraction of sp³-hybridized carbons (Fsp3) is 0.722. The lowest BCUT2D eigenvalue weighted by atomic mass is 9.93. The minimum Gasteiger partial charge on any atom is -0.355 e. The summed E-state index contributed by atoms with van der Waals surface area (Å²) in [6.45, 7) is 4.13. The SMILES string of the molecule is O=C(NC1CC1)[C@H]1CCCN(C2CCN(c3cnccn3)CC2)C1. The van der Waals surface area contributed by atoms with Crippen LogP contribution in [0.25, 0.3) is 0 Å². The minimum atomic E-state index is 0.192. The topological polar surface area (TPSA) is 61.4 Å². The van der Waals surface area contributed by atoms with E-state index in [9.17, 15) is 4.79 Å². The van der Waals surface area contributed by atoms with E-state index in [1.807, 2.05) is 6.20 Å². The molecule has 24 heavy (non-hydrogen) atoms. The number of nitrogens with zero attached hydrogens (tertiary/aromatic N) is 4. The second kappa shape index (κ2) is 7.05. The molecule has 3 fully saturated rings. The first kappa shape index (κ1) is 15.8. The summed E-state index contributed by atoms with van der Waals surface area (Å²) >= 11 is 0. The van der Waals surface area contributed by atoms with Crippen molar-refractivity contribution >= 4 is 11.7 Å². The molecule has 1 atom stereocenters. The van der Waals surface area contributed by atoms with Gasteiger partial charge in [-0.25, -0.2) is 4.98 Å². The largest absolute Gasteiger partial charge is 0.355 e. The Balaban J connectivity index is 1.29. The third kappa shape index (κ3) is 3.69. The van der Waals surface area contributed by atoms with Gasteiger partial charge in [-0.15, -0.1) is 0 Å². The van der Waals surface area contributed by atoms with Crippen molar-refractivity contribution in [2.75, 3.05) is 31.1 Å². The molecular weight excluding hydrogens is 302 g/mol. The van der Waals surface area contributed by atoms with Crippen molar-refractivity contribution in [3.63, 3.8) is 0 Å². The highest BCUT2D eigenvalue weighted by atomic mass is 16.2. The zero-order valence-corrected chi connectivity index (χ0v) is 14.2. The van der Waals surface area contributed by atoms with E-state index in [1.54, 1.807) is 12.4 Å². The highest BCUT2D eigenvalue weighted by molar-refractivity contribution is 5.79. The van der Waals surface area contributed by atoms with Crippen molar-refractivity contribution in [2.45, 2.75) is 50.6 Å². The van der Waals surface area contributed by atoms with Gasteiger partial charge in [-0.1, -0.05) is 0 Å². The molecule has 2 aliphatic heterocycles. The number of rotatable bonds is 4. The van der Waals surface area contributed by atoms with Gasteiger partial charge in [-0.2, -0.15) is 0 Å². The van der Waals surface area contributed by atoms with Crippen molar-refractivity contribution in [1.29, 1.82) is 0 Å². The van der Waals surface area contributed by atoms with E-state index in [1.165, 1.54) is 12.8 Å². The maximum atomic E-state index is 12.4. The van der Waals surface area contributed by atoms with Crippen LogP contribution in [-0.2, 0) is 4.79 Å². The Labute approximate surface area is 143 Å². The Morgan fingerprint density at radius 1 is 1.08 bits per heavy atom. The lowest BCUT2D eigenvalue weighted by Gasteiger charge is -2.42. The van der Waals surface area contributed by atoms with E-state index in [4.69, 9.17) is 0 Å². The number of aromatic nitrogens is 2. The van der Waals surface area contributed by atoms with E-state index in [0.29, 0.717) is 18.0 Å². The molecule has 1 aromatic rings. The van der Waals surface area contributed by atoms with E-state index in [-0.39, 0.29) is 5.92 Å². The number of hydrogen-bond acceptors (Lipinski definition) is 5. The second-order valence-corrected chi connectivity index (χ2v) is 7.40. The number of hydrogen-bond donors (Lipinski definition) is 1.